The molecule has 0 spiro atoms. The maximum Gasteiger partial charge on any atom is 0.323 e. The standard InChI is InChI=1S/C19H20FNO5S/c1-11(2)8-16(19(22)25-3)21-27(23,24)13-5-7-17-15(10-13)14-6-4-12(20)9-18(14)26-17/h4-7,9-11,16,21H,8H2,1-3H3/t16-/m0/s1. The monoisotopic (exact) mass is 393 g/mol. The molecule has 0 saturated heterocycles. The molecule has 27 heavy (non-hydrogen) atoms. The highest BCUT2D eigenvalue weighted by atomic mass is 32.2. The minimum absolute atomic E-state index is 0.0142. The predicted octanol–water partition coefficient (Wildman–Crippen LogP) is 3.59. The molecule has 0 aliphatic heterocycles. The fraction of sp³-hybridized carbons (Fsp3) is 0.316. The lowest BCUT2D eigenvalue weighted by Crippen LogP contribution is -2.42. The second-order valence-corrected chi connectivity index (χ2v) is 8.44. The van der Waals surface area contributed by atoms with E-state index >= 15 is 0 Å². The van der Waals surface area contributed by atoms with Crippen LogP contribution >= 0.6 is 0 Å². The highest BCUT2D eigenvalue weighted by Crippen LogP contribution is 2.31. The molecule has 1 atom stereocenters. The topological polar surface area (TPSA) is 85.6 Å². The molecular weight excluding hydrogens is 373 g/mol. The highest BCUT2D eigenvalue weighted by Gasteiger charge is 2.27. The van der Waals surface area contributed by atoms with Crippen molar-refractivity contribution in [3.05, 3.63) is 42.2 Å². The van der Waals surface area contributed by atoms with Crippen molar-refractivity contribution in [2.45, 2.75) is 31.2 Å². The van der Waals surface area contributed by atoms with Gasteiger partial charge in [-0.05, 0) is 42.7 Å². The first kappa shape index (κ1) is 19.3. The smallest absolute Gasteiger partial charge is 0.323 e. The Morgan fingerprint density at radius 1 is 1.15 bits per heavy atom. The van der Waals surface area contributed by atoms with E-state index in [1.165, 1.54) is 43.5 Å². The molecule has 6 nitrogen and oxygen atoms in total. The summed E-state index contributed by atoms with van der Waals surface area (Å²) in [6, 6.07) is 7.43. The number of ether oxygens (including phenoxy) is 1. The van der Waals surface area contributed by atoms with E-state index in [9.17, 15) is 17.6 Å². The molecule has 0 bridgehead atoms. The van der Waals surface area contributed by atoms with Crippen molar-refractivity contribution >= 4 is 37.9 Å². The number of carbonyl (C=O) groups is 1. The molecule has 1 heterocycles. The number of carbonyl (C=O) groups excluding carboxylic acids is 1. The summed E-state index contributed by atoms with van der Waals surface area (Å²) in [7, 11) is -2.76. The first-order valence-corrected chi connectivity index (χ1v) is 9.91. The lowest BCUT2D eigenvalue weighted by Gasteiger charge is -2.18. The van der Waals surface area contributed by atoms with Crippen molar-refractivity contribution in [3.63, 3.8) is 0 Å². The van der Waals surface area contributed by atoms with Crippen LogP contribution in [-0.4, -0.2) is 27.5 Å². The summed E-state index contributed by atoms with van der Waals surface area (Å²) in [5.41, 5.74) is 0.779. The molecule has 0 aliphatic rings. The maximum absolute atomic E-state index is 13.4. The third kappa shape index (κ3) is 3.96. The molecule has 0 unspecified atom stereocenters. The van der Waals surface area contributed by atoms with E-state index in [1.54, 1.807) is 0 Å². The van der Waals surface area contributed by atoms with E-state index in [0.29, 0.717) is 28.4 Å². The third-order valence-corrected chi connectivity index (χ3v) is 5.67. The lowest BCUT2D eigenvalue weighted by atomic mass is 10.1. The zero-order valence-corrected chi connectivity index (χ0v) is 16.0. The molecule has 1 aromatic heterocycles. The van der Waals surface area contributed by atoms with Crippen LogP contribution in [0.4, 0.5) is 4.39 Å². The number of hydrogen-bond donors (Lipinski definition) is 1. The number of benzene rings is 2. The van der Waals surface area contributed by atoms with Gasteiger partial charge in [0.1, 0.15) is 23.0 Å². The van der Waals surface area contributed by atoms with E-state index in [4.69, 9.17) is 9.15 Å². The number of esters is 1. The molecule has 3 aromatic rings. The largest absolute Gasteiger partial charge is 0.468 e. The number of furan rings is 1. The molecular formula is C19H20FNO5S. The van der Waals surface area contributed by atoms with E-state index in [-0.39, 0.29) is 10.8 Å². The van der Waals surface area contributed by atoms with Crippen molar-refractivity contribution in [2.24, 2.45) is 5.92 Å². The minimum atomic E-state index is -3.97. The number of fused-ring (bicyclic) bond motifs is 3. The molecule has 0 saturated carbocycles. The van der Waals surface area contributed by atoms with Gasteiger partial charge in [0, 0.05) is 16.8 Å². The van der Waals surface area contributed by atoms with Crippen LogP contribution in [0.1, 0.15) is 20.3 Å². The molecule has 0 amide bonds. The van der Waals surface area contributed by atoms with Gasteiger partial charge in [-0.15, -0.1) is 0 Å². The minimum Gasteiger partial charge on any atom is -0.468 e. The van der Waals surface area contributed by atoms with Gasteiger partial charge >= 0.3 is 5.97 Å². The van der Waals surface area contributed by atoms with Gasteiger partial charge in [-0.2, -0.15) is 4.72 Å². The second kappa shape index (κ2) is 7.28. The molecule has 8 heteroatoms. The Morgan fingerprint density at radius 3 is 2.56 bits per heavy atom. The fourth-order valence-electron chi connectivity index (χ4n) is 2.96. The van der Waals surface area contributed by atoms with E-state index in [0.717, 1.165) is 0 Å². The second-order valence-electron chi connectivity index (χ2n) is 6.73. The zero-order chi connectivity index (χ0) is 19.8. The van der Waals surface area contributed by atoms with Gasteiger partial charge in [0.05, 0.1) is 12.0 Å². The van der Waals surface area contributed by atoms with E-state index < -0.39 is 27.9 Å². The summed E-state index contributed by atoms with van der Waals surface area (Å²) in [5.74, 6) is -0.991. The quantitative estimate of drug-likeness (QED) is 0.647. The average Bonchev–Trinajstić information content (AvgIpc) is 2.96. The van der Waals surface area contributed by atoms with Crippen molar-refractivity contribution < 1.29 is 26.8 Å². The first-order chi connectivity index (χ1) is 12.7. The van der Waals surface area contributed by atoms with Crippen molar-refractivity contribution in [1.29, 1.82) is 0 Å². The van der Waals surface area contributed by atoms with Gasteiger partial charge in [0.15, 0.2) is 0 Å². The van der Waals surface area contributed by atoms with Crippen molar-refractivity contribution in [3.8, 4) is 0 Å². The van der Waals surface area contributed by atoms with Crippen LogP contribution in [-0.2, 0) is 19.6 Å². The van der Waals surface area contributed by atoms with Gasteiger partial charge < -0.3 is 9.15 Å². The van der Waals surface area contributed by atoms with Crippen LogP contribution in [0.2, 0.25) is 0 Å². The van der Waals surface area contributed by atoms with Gasteiger partial charge in [-0.1, -0.05) is 13.8 Å². The molecule has 3 rings (SSSR count). The number of halogens is 1. The van der Waals surface area contributed by atoms with Gasteiger partial charge in [-0.3, -0.25) is 4.79 Å². The Labute approximate surface area is 156 Å². The number of nitrogens with one attached hydrogen (secondary N) is 1. The van der Waals surface area contributed by atoms with Crippen LogP contribution in [0.3, 0.4) is 0 Å². The summed E-state index contributed by atoms with van der Waals surface area (Å²) in [4.78, 5) is 11.9. The Morgan fingerprint density at radius 2 is 1.89 bits per heavy atom. The lowest BCUT2D eigenvalue weighted by molar-refractivity contribution is -0.143. The summed E-state index contributed by atoms with van der Waals surface area (Å²) in [6.45, 7) is 3.76. The Balaban J connectivity index is 2.01. The number of rotatable bonds is 6. The van der Waals surface area contributed by atoms with Crippen LogP contribution < -0.4 is 4.72 Å². The first-order valence-electron chi connectivity index (χ1n) is 8.43. The maximum atomic E-state index is 13.4. The van der Waals surface area contributed by atoms with Gasteiger partial charge in [0.2, 0.25) is 10.0 Å². The Kier molecular flexibility index (Phi) is 5.21. The summed E-state index contributed by atoms with van der Waals surface area (Å²) >= 11 is 0. The van der Waals surface area contributed by atoms with Gasteiger partial charge in [-0.25, -0.2) is 12.8 Å². The third-order valence-electron chi connectivity index (χ3n) is 4.21. The highest BCUT2D eigenvalue weighted by molar-refractivity contribution is 7.89. The average molecular weight is 393 g/mol. The normalized spacial score (nSPS) is 13.4. The van der Waals surface area contributed by atoms with Crippen molar-refractivity contribution in [2.75, 3.05) is 7.11 Å². The molecule has 2 aromatic carbocycles. The molecule has 144 valence electrons. The van der Waals surface area contributed by atoms with E-state index in [1.807, 2.05) is 13.8 Å². The molecule has 1 N–H and O–H groups in total. The van der Waals surface area contributed by atoms with Crippen LogP contribution in [0.5, 0.6) is 0 Å². The number of methoxy groups -OCH3 is 1. The summed E-state index contributed by atoms with van der Waals surface area (Å²) in [6.07, 6.45) is 0.308. The van der Waals surface area contributed by atoms with Crippen molar-refractivity contribution in [1.82, 2.24) is 4.72 Å². The predicted molar refractivity (Wildman–Crippen MR) is 99.3 cm³/mol. The Bertz CT molecular complexity index is 1100. The number of sulfonamides is 1. The molecule has 0 radical (unpaired) electrons. The molecule has 0 fully saturated rings. The number of hydrogen-bond acceptors (Lipinski definition) is 5. The summed E-state index contributed by atoms with van der Waals surface area (Å²) < 4.78 is 51.6. The zero-order valence-electron chi connectivity index (χ0n) is 15.2. The Hall–Kier alpha value is -2.45. The SMILES string of the molecule is COC(=O)[C@H](CC(C)C)NS(=O)(=O)c1ccc2oc3cc(F)ccc3c2c1. The molecule has 0 aliphatic carbocycles. The van der Waals surface area contributed by atoms with Crippen LogP contribution in [0.25, 0.3) is 21.9 Å². The van der Waals surface area contributed by atoms with Crippen LogP contribution in [0, 0.1) is 11.7 Å². The van der Waals surface area contributed by atoms with E-state index in [2.05, 4.69) is 4.72 Å². The fourth-order valence-corrected chi connectivity index (χ4v) is 4.18. The summed E-state index contributed by atoms with van der Waals surface area (Å²) in [5, 5.41) is 1.15. The van der Waals surface area contributed by atoms with Crippen LogP contribution in [0.15, 0.2) is 45.7 Å². The van der Waals surface area contributed by atoms with Gasteiger partial charge in [0.25, 0.3) is 0 Å².